The second kappa shape index (κ2) is 7.40. The molecule has 29 heavy (non-hydrogen) atoms. The van der Waals surface area contributed by atoms with Crippen LogP contribution in [-0.4, -0.2) is 30.5 Å². The molecule has 2 aromatic carbocycles. The van der Waals surface area contributed by atoms with E-state index in [9.17, 15) is 9.59 Å². The van der Waals surface area contributed by atoms with Crippen molar-refractivity contribution in [2.24, 2.45) is 0 Å². The Hall–Kier alpha value is -3.65. The number of nitrogens with one attached hydrogen (secondary N) is 2. The number of H-pyrrole nitrogens is 1. The summed E-state index contributed by atoms with van der Waals surface area (Å²) in [7, 11) is 0. The average molecular weight is 409 g/mol. The summed E-state index contributed by atoms with van der Waals surface area (Å²) < 4.78 is 1.52. The number of rotatable bonds is 4. The maximum atomic E-state index is 12.8. The van der Waals surface area contributed by atoms with Gasteiger partial charge in [0, 0.05) is 22.6 Å². The maximum absolute atomic E-state index is 12.8. The highest BCUT2D eigenvalue weighted by Gasteiger charge is 2.17. The highest BCUT2D eigenvalue weighted by atomic mass is 35.5. The molecule has 8 nitrogen and oxygen atoms in total. The number of amides is 1. The molecule has 0 bridgehead atoms. The first-order valence-electron chi connectivity index (χ1n) is 8.81. The van der Waals surface area contributed by atoms with Crippen LogP contribution in [0.15, 0.2) is 59.5 Å². The van der Waals surface area contributed by atoms with Crippen LogP contribution in [0.2, 0.25) is 5.02 Å². The molecular formula is C20H17ClN6O2. The van der Waals surface area contributed by atoms with Crippen LogP contribution >= 0.6 is 11.6 Å². The van der Waals surface area contributed by atoms with E-state index in [0.717, 1.165) is 5.69 Å². The Morgan fingerprint density at radius 3 is 2.55 bits per heavy atom. The standard InChI is InChI=1S/C20H17ClN6O2/c1-12-11-22-20(29)26(12)16-7-4-6-15(10-16)23-19(28)18-13(2)24-27(25-18)17-8-3-5-14(21)9-17/h3-11H,1-2H3,(H,22,29)(H,23,28). The molecule has 0 saturated heterocycles. The molecule has 0 aliphatic heterocycles. The van der Waals surface area contributed by atoms with Gasteiger partial charge in [-0.15, -0.1) is 5.10 Å². The number of aryl methyl sites for hydroxylation is 2. The SMILES string of the molecule is Cc1nn(-c2cccc(Cl)c2)nc1C(=O)Nc1cccc(-n2c(C)c[nH]c2=O)c1. The van der Waals surface area contributed by atoms with Crippen LogP contribution in [0.5, 0.6) is 0 Å². The Balaban J connectivity index is 1.61. The van der Waals surface area contributed by atoms with E-state index in [1.807, 2.05) is 6.92 Å². The fourth-order valence-electron chi connectivity index (χ4n) is 2.99. The summed E-state index contributed by atoms with van der Waals surface area (Å²) in [5, 5.41) is 12.0. The van der Waals surface area contributed by atoms with Gasteiger partial charge in [0.1, 0.15) is 0 Å². The summed E-state index contributed by atoms with van der Waals surface area (Å²) in [5.41, 5.74) is 3.04. The van der Waals surface area contributed by atoms with Crippen molar-refractivity contribution < 1.29 is 4.79 Å². The van der Waals surface area contributed by atoms with E-state index in [4.69, 9.17) is 11.6 Å². The molecule has 0 spiro atoms. The van der Waals surface area contributed by atoms with Crippen LogP contribution in [0, 0.1) is 13.8 Å². The van der Waals surface area contributed by atoms with E-state index in [1.54, 1.807) is 61.7 Å². The van der Waals surface area contributed by atoms with Gasteiger partial charge in [0.05, 0.1) is 17.1 Å². The van der Waals surface area contributed by atoms with Gasteiger partial charge in [-0.2, -0.15) is 9.90 Å². The van der Waals surface area contributed by atoms with Crippen LogP contribution in [-0.2, 0) is 0 Å². The van der Waals surface area contributed by atoms with Gasteiger partial charge in [-0.05, 0) is 50.2 Å². The zero-order valence-electron chi connectivity index (χ0n) is 15.7. The first kappa shape index (κ1) is 18.7. The lowest BCUT2D eigenvalue weighted by atomic mass is 10.2. The average Bonchev–Trinajstić information content (AvgIpc) is 3.24. The third-order valence-electron chi connectivity index (χ3n) is 4.36. The molecule has 4 aromatic rings. The Bertz CT molecular complexity index is 1270. The van der Waals surface area contributed by atoms with Crippen molar-refractivity contribution in [2.75, 3.05) is 5.32 Å². The maximum Gasteiger partial charge on any atom is 0.330 e. The Labute approximate surface area is 170 Å². The molecular weight excluding hydrogens is 392 g/mol. The molecule has 2 aromatic heterocycles. The third kappa shape index (κ3) is 3.70. The number of carbonyl (C=O) groups is 1. The van der Waals surface area contributed by atoms with E-state index in [-0.39, 0.29) is 11.4 Å². The summed E-state index contributed by atoms with van der Waals surface area (Å²) in [4.78, 5) is 28.8. The number of aromatic nitrogens is 5. The number of imidazole rings is 1. The monoisotopic (exact) mass is 408 g/mol. The van der Waals surface area contributed by atoms with Crippen molar-refractivity contribution in [3.63, 3.8) is 0 Å². The summed E-state index contributed by atoms with van der Waals surface area (Å²) in [6.45, 7) is 3.53. The third-order valence-corrected chi connectivity index (χ3v) is 4.59. The second-order valence-corrected chi connectivity index (χ2v) is 6.91. The quantitative estimate of drug-likeness (QED) is 0.541. The van der Waals surface area contributed by atoms with Crippen molar-refractivity contribution in [3.05, 3.63) is 87.3 Å². The minimum absolute atomic E-state index is 0.199. The molecule has 4 rings (SSSR count). The molecule has 0 saturated carbocycles. The summed E-state index contributed by atoms with van der Waals surface area (Å²) in [5.74, 6) is -0.397. The molecule has 0 atom stereocenters. The lowest BCUT2D eigenvalue weighted by Crippen LogP contribution is -2.17. The van der Waals surface area contributed by atoms with Gasteiger partial charge in [-0.3, -0.25) is 9.36 Å². The van der Waals surface area contributed by atoms with Crippen LogP contribution < -0.4 is 11.0 Å². The van der Waals surface area contributed by atoms with Crippen LogP contribution in [0.25, 0.3) is 11.4 Å². The zero-order valence-corrected chi connectivity index (χ0v) is 16.4. The Morgan fingerprint density at radius 2 is 1.83 bits per heavy atom. The summed E-state index contributed by atoms with van der Waals surface area (Å²) >= 11 is 6.02. The van der Waals surface area contributed by atoms with E-state index >= 15 is 0 Å². The normalized spacial score (nSPS) is 10.9. The molecule has 1 amide bonds. The van der Waals surface area contributed by atoms with Crippen molar-refractivity contribution in [1.82, 2.24) is 24.5 Å². The number of hydrogen-bond donors (Lipinski definition) is 2. The van der Waals surface area contributed by atoms with Gasteiger partial charge in [-0.25, -0.2) is 4.79 Å². The fourth-order valence-corrected chi connectivity index (χ4v) is 3.18. The molecule has 0 fully saturated rings. The molecule has 9 heteroatoms. The van der Waals surface area contributed by atoms with Crippen LogP contribution in [0.1, 0.15) is 21.9 Å². The lowest BCUT2D eigenvalue weighted by molar-refractivity contribution is 0.102. The Morgan fingerprint density at radius 1 is 1.07 bits per heavy atom. The smallest absolute Gasteiger partial charge is 0.320 e. The summed E-state index contributed by atoms with van der Waals surface area (Å²) in [6.07, 6.45) is 1.63. The highest BCUT2D eigenvalue weighted by molar-refractivity contribution is 6.30. The van der Waals surface area contributed by atoms with E-state index in [2.05, 4.69) is 20.5 Å². The van der Waals surface area contributed by atoms with E-state index < -0.39 is 5.91 Å². The van der Waals surface area contributed by atoms with E-state index in [1.165, 1.54) is 9.36 Å². The topological polar surface area (TPSA) is 97.6 Å². The molecule has 0 aliphatic carbocycles. The molecule has 0 aliphatic rings. The fraction of sp³-hybridized carbons (Fsp3) is 0.100. The van der Waals surface area contributed by atoms with Gasteiger partial charge in [0.25, 0.3) is 5.91 Å². The number of carbonyl (C=O) groups excluding carboxylic acids is 1. The van der Waals surface area contributed by atoms with Gasteiger partial charge in [0.15, 0.2) is 5.69 Å². The van der Waals surface area contributed by atoms with Crippen molar-refractivity contribution in [3.8, 4) is 11.4 Å². The number of benzene rings is 2. The highest BCUT2D eigenvalue weighted by Crippen LogP contribution is 2.17. The van der Waals surface area contributed by atoms with Gasteiger partial charge >= 0.3 is 5.69 Å². The minimum Gasteiger partial charge on any atom is -0.320 e. The Kier molecular flexibility index (Phi) is 4.77. The predicted molar refractivity (Wildman–Crippen MR) is 110 cm³/mol. The van der Waals surface area contributed by atoms with Crippen molar-refractivity contribution in [2.45, 2.75) is 13.8 Å². The molecule has 2 heterocycles. The number of anilines is 1. The van der Waals surface area contributed by atoms with Crippen LogP contribution in [0.3, 0.4) is 0 Å². The molecule has 2 N–H and O–H groups in total. The number of hydrogen-bond acceptors (Lipinski definition) is 4. The number of nitrogens with zero attached hydrogens (tertiary/aromatic N) is 4. The number of aromatic amines is 1. The second-order valence-electron chi connectivity index (χ2n) is 6.48. The molecule has 0 radical (unpaired) electrons. The van der Waals surface area contributed by atoms with Crippen molar-refractivity contribution in [1.29, 1.82) is 0 Å². The van der Waals surface area contributed by atoms with Gasteiger partial charge in [0.2, 0.25) is 0 Å². The first-order valence-corrected chi connectivity index (χ1v) is 9.19. The zero-order chi connectivity index (χ0) is 20.5. The largest absolute Gasteiger partial charge is 0.330 e. The first-order chi connectivity index (χ1) is 13.9. The van der Waals surface area contributed by atoms with Gasteiger partial charge < -0.3 is 10.3 Å². The summed E-state index contributed by atoms with van der Waals surface area (Å²) in [6, 6.07) is 14.1. The van der Waals surface area contributed by atoms with Crippen LogP contribution in [0.4, 0.5) is 5.69 Å². The van der Waals surface area contributed by atoms with Gasteiger partial charge in [-0.1, -0.05) is 23.7 Å². The lowest BCUT2D eigenvalue weighted by Gasteiger charge is -2.08. The molecule has 146 valence electrons. The molecule has 0 unspecified atom stereocenters. The predicted octanol–water partition coefficient (Wildman–Crippen LogP) is 3.27. The van der Waals surface area contributed by atoms with Crippen molar-refractivity contribution >= 4 is 23.2 Å². The van der Waals surface area contributed by atoms with E-state index in [0.29, 0.717) is 27.8 Å². The number of halogens is 1. The minimum atomic E-state index is -0.397.